The molecule has 0 bridgehead atoms. The topological polar surface area (TPSA) is 86.7 Å². The second-order valence-electron chi connectivity index (χ2n) is 5.51. The average molecular weight is 468 g/mol. The van der Waals surface area contributed by atoms with Gasteiger partial charge in [-0.1, -0.05) is 29.8 Å². The maximum atomic E-state index is 12.5. The van der Waals surface area contributed by atoms with E-state index < -0.39 is 17.1 Å². The average Bonchev–Trinajstić information content (AvgIpc) is 2.88. The first-order valence-corrected chi connectivity index (χ1v) is 9.62. The highest BCUT2D eigenvalue weighted by atomic mass is 79.9. The zero-order valence-electron chi connectivity index (χ0n) is 13.6. The van der Waals surface area contributed by atoms with E-state index in [2.05, 4.69) is 21.2 Å². The lowest BCUT2D eigenvalue weighted by Crippen LogP contribution is -2.36. The quantitative estimate of drug-likeness (QED) is 0.647. The van der Waals surface area contributed by atoms with Crippen molar-refractivity contribution >= 4 is 68.1 Å². The molecule has 3 amide bonds. The monoisotopic (exact) mass is 466 g/mol. The van der Waals surface area contributed by atoms with Gasteiger partial charge in [0.1, 0.15) is 12.3 Å². The highest BCUT2D eigenvalue weighted by molar-refractivity contribution is 9.10. The number of amides is 3. The van der Waals surface area contributed by atoms with Gasteiger partial charge in [-0.05, 0) is 63.6 Å². The summed E-state index contributed by atoms with van der Waals surface area (Å²) in [5.74, 6) is -1.12. The summed E-state index contributed by atoms with van der Waals surface area (Å²) in [5, 5.41) is 11.7. The molecule has 0 atom stereocenters. The molecule has 1 fully saturated rings. The predicted octanol–water partition coefficient (Wildman–Crippen LogP) is 4.48. The molecule has 1 heterocycles. The summed E-state index contributed by atoms with van der Waals surface area (Å²) in [5.41, 5.74) is 1.10. The van der Waals surface area contributed by atoms with Crippen molar-refractivity contribution in [3.63, 3.8) is 0 Å². The summed E-state index contributed by atoms with van der Waals surface area (Å²) in [4.78, 5) is 37.9. The van der Waals surface area contributed by atoms with Crippen molar-refractivity contribution in [1.29, 1.82) is 0 Å². The van der Waals surface area contributed by atoms with Crippen molar-refractivity contribution in [2.24, 2.45) is 0 Å². The van der Waals surface area contributed by atoms with Gasteiger partial charge in [0.05, 0.1) is 15.6 Å². The van der Waals surface area contributed by atoms with Crippen LogP contribution in [0.3, 0.4) is 0 Å². The molecule has 0 saturated carbocycles. The van der Waals surface area contributed by atoms with E-state index in [1.54, 1.807) is 30.3 Å². The van der Waals surface area contributed by atoms with Crippen molar-refractivity contribution in [2.45, 2.75) is 0 Å². The van der Waals surface area contributed by atoms with E-state index in [4.69, 9.17) is 11.6 Å². The predicted molar refractivity (Wildman–Crippen MR) is 109 cm³/mol. The number of anilines is 1. The molecule has 9 heteroatoms. The molecule has 0 aromatic heterocycles. The molecule has 27 heavy (non-hydrogen) atoms. The first-order valence-electron chi connectivity index (χ1n) is 7.63. The third-order valence-corrected chi connectivity index (χ3v) is 5.49. The molecule has 2 aromatic carbocycles. The highest BCUT2D eigenvalue weighted by Gasteiger charge is 2.36. The van der Waals surface area contributed by atoms with E-state index in [1.807, 2.05) is 0 Å². The summed E-state index contributed by atoms with van der Waals surface area (Å²) in [6.45, 7) is -0.389. The van der Waals surface area contributed by atoms with Crippen LogP contribution in [0, 0.1) is 0 Å². The number of imide groups is 1. The van der Waals surface area contributed by atoms with Crippen LogP contribution < -0.4 is 5.32 Å². The molecule has 0 radical (unpaired) electrons. The van der Waals surface area contributed by atoms with Gasteiger partial charge < -0.3 is 10.4 Å². The van der Waals surface area contributed by atoms with E-state index in [1.165, 1.54) is 18.2 Å². The molecule has 0 spiro atoms. The van der Waals surface area contributed by atoms with E-state index >= 15 is 0 Å². The third kappa shape index (κ3) is 4.52. The minimum Gasteiger partial charge on any atom is -0.506 e. The second-order valence-corrected chi connectivity index (χ2v) is 7.76. The number of carbonyl (C=O) groups is 3. The lowest BCUT2D eigenvalue weighted by atomic mass is 10.2. The molecule has 1 saturated heterocycles. The molecule has 3 rings (SSSR count). The van der Waals surface area contributed by atoms with Crippen LogP contribution in [0.25, 0.3) is 6.08 Å². The maximum absolute atomic E-state index is 12.5. The molecule has 2 N–H and O–H groups in total. The number of hydrogen-bond donors (Lipinski definition) is 2. The zero-order valence-corrected chi connectivity index (χ0v) is 16.8. The van der Waals surface area contributed by atoms with Gasteiger partial charge in [0.15, 0.2) is 0 Å². The largest absolute Gasteiger partial charge is 0.506 e. The molecule has 6 nitrogen and oxygen atoms in total. The van der Waals surface area contributed by atoms with Crippen LogP contribution in [0.1, 0.15) is 5.56 Å². The van der Waals surface area contributed by atoms with Gasteiger partial charge in [0.2, 0.25) is 5.91 Å². The van der Waals surface area contributed by atoms with Crippen LogP contribution in [0.2, 0.25) is 5.02 Å². The van der Waals surface area contributed by atoms with Gasteiger partial charge >= 0.3 is 0 Å². The number of nitrogens with zero attached hydrogens (tertiary/aromatic N) is 1. The molecule has 138 valence electrons. The minimum atomic E-state index is -0.559. The van der Waals surface area contributed by atoms with Crippen LogP contribution >= 0.6 is 39.3 Å². The van der Waals surface area contributed by atoms with Crippen LogP contribution in [0.5, 0.6) is 5.75 Å². The van der Waals surface area contributed by atoms with E-state index in [9.17, 15) is 19.5 Å². The number of hydrogen-bond acceptors (Lipinski definition) is 5. The number of rotatable bonds is 4. The number of phenols is 1. The number of benzene rings is 2. The Kier molecular flexibility index (Phi) is 5.88. The number of nitrogens with one attached hydrogen (secondary N) is 1. The fourth-order valence-electron chi connectivity index (χ4n) is 2.30. The van der Waals surface area contributed by atoms with Crippen molar-refractivity contribution in [3.05, 3.63) is 62.4 Å². The molecular formula is C18H12BrClN2O4S. The molecule has 1 aliphatic heterocycles. The summed E-state index contributed by atoms with van der Waals surface area (Å²) >= 11 is 9.90. The molecule has 0 aliphatic carbocycles. The van der Waals surface area contributed by atoms with Crippen molar-refractivity contribution in [3.8, 4) is 5.75 Å². The zero-order chi connectivity index (χ0) is 19.6. The van der Waals surface area contributed by atoms with Crippen LogP contribution in [0.15, 0.2) is 51.8 Å². The van der Waals surface area contributed by atoms with Gasteiger partial charge in [0, 0.05) is 4.47 Å². The first-order chi connectivity index (χ1) is 12.8. The molecule has 2 aromatic rings. The Bertz CT molecular complexity index is 980. The van der Waals surface area contributed by atoms with Crippen molar-refractivity contribution < 1.29 is 19.5 Å². The lowest BCUT2D eigenvalue weighted by Gasteiger charge is -2.13. The number of thioether (sulfide) groups is 1. The Hall–Kier alpha value is -2.29. The molecular weight excluding hydrogens is 456 g/mol. The van der Waals surface area contributed by atoms with Gasteiger partial charge in [-0.15, -0.1) is 0 Å². The summed E-state index contributed by atoms with van der Waals surface area (Å²) in [6.07, 6.45) is 1.49. The number of para-hydroxylation sites is 1. The van der Waals surface area contributed by atoms with Crippen LogP contribution in [0.4, 0.5) is 10.5 Å². The fraction of sp³-hybridized carbons (Fsp3) is 0.0556. The Morgan fingerprint density at radius 3 is 2.70 bits per heavy atom. The number of phenolic OH excluding ortho intramolecular Hbond substituents is 1. The molecule has 1 aliphatic rings. The van der Waals surface area contributed by atoms with Crippen LogP contribution in [-0.2, 0) is 9.59 Å². The summed E-state index contributed by atoms with van der Waals surface area (Å²) < 4.78 is 0.691. The fourth-order valence-corrected chi connectivity index (χ4v) is 3.71. The maximum Gasteiger partial charge on any atom is 0.294 e. The lowest BCUT2D eigenvalue weighted by molar-refractivity contribution is -0.127. The Balaban J connectivity index is 1.72. The van der Waals surface area contributed by atoms with Crippen LogP contribution in [-0.4, -0.2) is 33.6 Å². The Labute approximate surface area is 172 Å². The summed E-state index contributed by atoms with van der Waals surface area (Å²) in [7, 11) is 0. The van der Waals surface area contributed by atoms with E-state index in [0.29, 0.717) is 15.7 Å². The summed E-state index contributed by atoms with van der Waals surface area (Å²) in [6, 6.07) is 11.5. The highest BCUT2D eigenvalue weighted by Crippen LogP contribution is 2.33. The normalized spacial score (nSPS) is 15.5. The molecule has 0 unspecified atom stereocenters. The van der Waals surface area contributed by atoms with E-state index in [0.717, 1.165) is 16.7 Å². The standard InChI is InChI=1S/C18H12BrClN2O4S/c19-11-3-1-2-4-13(11)21-16(24)9-22-17(25)15(27-18(22)26)8-10-5-6-14(23)12(20)7-10/h1-8,23H,9H2,(H,21,24)/b15-8+. The SMILES string of the molecule is O=C(CN1C(=O)S/C(=C/c2ccc(O)c(Cl)c2)C1=O)Nc1ccccc1Br. The second kappa shape index (κ2) is 8.16. The third-order valence-electron chi connectivity index (χ3n) is 3.59. The Morgan fingerprint density at radius 2 is 2.00 bits per heavy atom. The minimum absolute atomic E-state index is 0.0781. The van der Waals surface area contributed by atoms with Gasteiger partial charge in [-0.3, -0.25) is 19.3 Å². The Morgan fingerprint density at radius 1 is 1.26 bits per heavy atom. The van der Waals surface area contributed by atoms with Crippen molar-refractivity contribution in [1.82, 2.24) is 4.90 Å². The number of halogens is 2. The van der Waals surface area contributed by atoms with Crippen molar-refractivity contribution in [2.75, 3.05) is 11.9 Å². The first kappa shape index (κ1) is 19.5. The smallest absolute Gasteiger partial charge is 0.294 e. The van der Waals surface area contributed by atoms with Gasteiger partial charge in [-0.2, -0.15) is 0 Å². The van der Waals surface area contributed by atoms with Gasteiger partial charge in [-0.25, -0.2) is 0 Å². The number of aromatic hydroxyl groups is 1. The van der Waals surface area contributed by atoms with E-state index in [-0.39, 0.29) is 22.2 Å². The number of carbonyl (C=O) groups excluding carboxylic acids is 3. The van der Waals surface area contributed by atoms with Gasteiger partial charge in [0.25, 0.3) is 11.1 Å².